The summed E-state index contributed by atoms with van der Waals surface area (Å²) in [6, 6.07) is 7.81. The number of rotatable bonds is 5. The zero-order chi connectivity index (χ0) is 15.2. The van der Waals surface area contributed by atoms with Gasteiger partial charge in [0, 0.05) is 51.5 Å². The highest BCUT2D eigenvalue weighted by atomic mass is 16.2. The molecule has 116 valence electrons. The number of amides is 1. The van der Waals surface area contributed by atoms with E-state index in [4.69, 9.17) is 5.73 Å². The molecule has 1 amide bonds. The molecule has 0 unspecified atom stereocenters. The Kier molecular flexibility index (Phi) is 5.59. The molecular formula is C16H26N4O. The summed E-state index contributed by atoms with van der Waals surface area (Å²) in [6.07, 6.45) is 1.03. The molecule has 1 aliphatic rings. The number of benzene rings is 1. The third kappa shape index (κ3) is 4.19. The van der Waals surface area contributed by atoms with Crippen molar-refractivity contribution in [2.24, 2.45) is 5.73 Å². The zero-order valence-electron chi connectivity index (χ0n) is 13.1. The number of hydrogen-bond donors (Lipinski definition) is 1. The van der Waals surface area contributed by atoms with Crippen LogP contribution in [-0.2, 0) is 0 Å². The lowest BCUT2D eigenvalue weighted by Gasteiger charge is -2.34. The highest BCUT2D eigenvalue weighted by Crippen LogP contribution is 2.15. The van der Waals surface area contributed by atoms with Gasteiger partial charge in [-0.3, -0.25) is 9.69 Å². The fraction of sp³-hybridized carbons (Fsp3) is 0.562. The van der Waals surface area contributed by atoms with E-state index in [2.05, 4.69) is 4.90 Å². The molecule has 1 aromatic carbocycles. The molecule has 0 aromatic heterocycles. The van der Waals surface area contributed by atoms with Crippen molar-refractivity contribution in [3.63, 3.8) is 0 Å². The highest BCUT2D eigenvalue weighted by molar-refractivity contribution is 5.94. The molecule has 0 bridgehead atoms. The van der Waals surface area contributed by atoms with Crippen molar-refractivity contribution in [1.29, 1.82) is 0 Å². The van der Waals surface area contributed by atoms with Crippen LogP contribution >= 0.6 is 0 Å². The van der Waals surface area contributed by atoms with Gasteiger partial charge in [-0.15, -0.1) is 0 Å². The fourth-order valence-electron chi connectivity index (χ4n) is 2.57. The van der Waals surface area contributed by atoms with Crippen molar-refractivity contribution in [2.75, 3.05) is 58.3 Å². The van der Waals surface area contributed by atoms with Gasteiger partial charge in [0.05, 0.1) is 0 Å². The fourth-order valence-corrected chi connectivity index (χ4v) is 2.57. The molecule has 1 saturated heterocycles. The zero-order valence-corrected chi connectivity index (χ0v) is 13.1. The Morgan fingerprint density at radius 2 is 1.76 bits per heavy atom. The average molecular weight is 290 g/mol. The molecule has 0 saturated carbocycles. The Morgan fingerprint density at radius 1 is 1.14 bits per heavy atom. The molecule has 1 fully saturated rings. The van der Waals surface area contributed by atoms with E-state index >= 15 is 0 Å². The van der Waals surface area contributed by atoms with Crippen LogP contribution in [0.5, 0.6) is 0 Å². The Labute approximate surface area is 127 Å². The van der Waals surface area contributed by atoms with E-state index in [0.717, 1.165) is 56.9 Å². The van der Waals surface area contributed by atoms with Crippen LogP contribution < -0.4 is 10.6 Å². The van der Waals surface area contributed by atoms with Crippen LogP contribution in [0.1, 0.15) is 16.8 Å². The quantitative estimate of drug-likeness (QED) is 0.874. The number of carbonyl (C=O) groups is 1. The number of piperazine rings is 1. The van der Waals surface area contributed by atoms with Gasteiger partial charge >= 0.3 is 0 Å². The van der Waals surface area contributed by atoms with E-state index in [1.807, 2.05) is 48.2 Å². The summed E-state index contributed by atoms with van der Waals surface area (Å²) in [6.45, 7) is 5.27. The summed E-state index contributed by atoms with van der Waals surface area (Å²) < 4.78 is 0. The Bertz CT molecular complexity index is 450. The van der Waals surface area contributed by atoms with Gasteiger partial charge in [-0.1, -0.05) is 0 Å². The molecule has 0 radical (unpaired) electrons. The maximum Gasteiger partial charge on any atom is 0.253 e. The summed E-state index contributed by atoms with van der Waals surface area (Å²) in [5.41, 5.74) is 7.42. The maximum absolute atomic E-state index is 12.5. The molecule has 0 atom stereocenters. The monoisotopic (exact) mass is 290 g/mol. The minimum Gasteiger partial charge on any atom is -0.378 e. The van der Waals surface area contributed by atoms with E-state index in [-0.39, 0.29) is 5.91 Å². The van der Waals surface area contributed by atoms with Crippen LogP contribution in [-0.4, -0.2) is 69.1 Å². The Morgan fingerprint density at radius 3 is 2.29 bits per heavy atom. The van der Waals surface area contributed by atoms with Crippen LogP contribution in [0.2, 0.25) is 0 Å². The van der Waals surface area contributed by atoms with E-state index in [0.29, 0.717) is 0 Å². The van der Waals surface area contributed by atoms with Gasteiger partial charge in [-0.05, 0) is 43.8 Å². The van der Waals surface area contributed by atoms with Crippen molar-refractivity contribution in [1.82, 2.24) is 9.80 Å². The molecule has 5 nitrogen and oxygen atoms in total. The summed E-state index contributed by atoms with van der Waals surface area (Å²) >= 11 is 0. The lowest BCUT2D eigenvalue weighted by atomic mass is 10.1. The highest BCUT2D eigenvalue weighted by Gasteiger charge is 2.21. The molecule has 21 heavy (non-hydrogen) atoms. The molecule has 0 spiro atoms. The molecule has 5 heteroatoms. The third-order valence-electron chi connectivity index (χ3n) is 3.97. The normalized spacial score (nSPS) is 16.0. The first kappa shape index (κ1) is 15.8. The van der Waals surface area contributed by atoms with Gasteiger partial charge in [0.25, 0.3) is 5.91 Å². The third-order valence-corrected chi connectivity index (χ3v) is 3.97. The first-order valence-electron chi connectivity index (χ1n) is 7.61. The largest absolute Gasteiger partial charge is 0.378 e. The molecule has 1 aromatic rings. The van der Waals surface area contributed by atoms with Crippen LogP contribution in [0.4, 0.5) is 5.69 Å². The molecule has 2 rings (SSSR count). The second-order valence-electron chi connectivity index (χ2n) is 5.72. The molecule has 0 aliphatic carbocycles. The summed E-state index contributed by atoms with van der Waals surface area (Å²) in [4.78, 5) is 18.8. The van der Waals surface area contributed by atoms with Gasteiger partial charge in [0.2, 0.25) is 0 Å². The smallest absolute Gasteiger partial charge is 0.253 e. The number of hydrogen-bond acceptors (Lipinski definition) is 4. The summed E-state index contributed by atoms with van der Waals surface area (Å²) in [5, 5.41) is 0. The van der Waals surface area contributed by atoms with Gasteiger partial charge in [0.15, 0.2) is 0 Å². The van der Waals surface area contributed by atoms with E-state index in [1.54, 1.807) is 0 Å². The van der Waals surface area contributed by atoms with E-state index in [9.17, 15) is 4.79 Å². The maximum atomic E-state index is 12.5. The second-order valence-corrected chi connectivity index (χ2v) is 5.72. The van der Waals surface area contributed by atoms with E-state index in [1.165, 1.54) is 0 Å². The van der Waals surface area contributed by atoms with Gasteiger partial charge in [-0.2, -0.15) is 0 Å². The lowest BCUT2D eigenvalue weighted by Crippen LogP contribution is -2.49. The predicted molar refractivity (Wildman–Crippen MR) is 86.8 cm³/mol. The Balaban J connectivity index is 1.89. The van der Waals surface area contributed by atoms with Crippen LogP contribution in [0.3, 0.4) is 0 Å². The summed E-state index contributed by atoms with van der Waals surface area (Å²) in [7, 11) is 3.99. The first-order chi connectivity index (χ1) is 10.1. The minimum absolute atomic E-state index is 0.138. The lowest BCUT2D eigenvalue weighted by molar-refractivity contribution is 0.0636. The molecule has 2 N–H and O–H groups in total. The summed E-state index contributed by atoms with van der Waals surface area (Å²) in [5.74, 6) is 0.138. The van der Waals surface area contributed by atoms with Crippen LogP contribution in [0.25, 0.3) is 0 Å². The standard InChI is InChI=1S/C16H26N4O/c1-18(2)15-6-4-14(5-7-15)16(21)20-12-10-19(11-13-20)9-3-8-17/h4-7H,3,8-13,17H2,1-2H3. The predicted octanol–water partition coefficient (Wildman–Crippen LogP) is 0.859. The first-order valence-corrected chi connectivity index (χ1v) is 7.61. The van der Waals surface area contributed by atoms with Crippen LogP contribution in [0, 0.1) is 0 Å². The van der Waals surface area contributed by atoms with Crippen molar-refractivity contribution >= 4 is 11.6 Å². The molecule has 1 aliphatic heterocycles. The molecule has 1 heterocycles. The van der Waals surface area contributed by atoms with E-state index < -0.39 is 0 Å². The van der Waals surface area contributed by atoms with Crippen molar-refractivity contribution < 1.29 is 4.79 Å². The van der Waals surface area contributed by atoms with Gasteiger partial charge < -0.3 is 15.5 Å². The van der Waals surface area contributed by atoms with Gasteiger partial charge in [0.1, 0.15) is 0 Å². The minimum atomic E-state index is 0.138. The number of nitrogens with two attached hydrogens (primary N) is 1. The van der Waals surface area contributed by atoms with Gasteiger partial charge in [-0.25, -0.2) is 0 Å². The number of anilines is 1. The molecular weight excluding hydrogens is 264 g/mol. The topological polar surface area (TPSA) is 52.8 Å². The number of carbonyl (C=O) groups excluding carboxylic acids is 1. The Hall–Kier alpha value is -1.59. The number of nitrogens with zero attached hydrogens (tertiary/aromatic N) is 3. The SMILES string of the molecule is CN(C)c1ccc(C(=O)N2CCN(CCCN)CC2)cc1. The van der Waals surface area contributed by atoms with Crippen molar-refractivity contribution in [3.05, 3.63) is 29.8 Å². The average Bonchev–Trinajstić information content (AvgIpc) is 2.53. The van der Waals surface area contributed by atoms with Crippen LogP contribution in [0.15, 0.2) is 24.3 Å². The van der Waals surface area contributed by atoms with Crippen molar-refractivity contribution in [2.45, 2.75) is 6.42 Å². The van der Waals surface area contributed by atoms with Crippen molar-refractivity contribution in [3.8, 4) is 0 Å². The second kappa shape index (κ2) is 7.43.